The Labute approximate surface area is 134 Å². The minimum absolute atomic E-state index is 0.201. The van der Waals surface area contributed by atoms with Gasteiger partial charge < -0.3 is 0 Å². The lowest BCUT2D eigenvalue weighted by Crippen LogP contribution is -2.47. The van der Waals surface area contributed by atoms with Gasteiger partial charge in [0.1, 0.15) is 17.6 Å². The Hall–Kier alpha value is -3.17. The van der Waals surface area contributed by atoms with Gasteiger partial charge in [-0.25, -0.2) is 4.98 Å². The van der Waals surface area contributed by atoms with Crippen LogP contribution < -0.4 is 16.3 Å². The monoisotopic (exact) mass is 336 g/mol. The van der Waals surface area contributed by atoms with Crippen molar-refractivity contribution < 1.29 is 17.8 Å². The van der Waals surface area contributed by atoms with E-state index in [0.29, 0.717) is 22.5 Å². The molecule has 0 bridgehead atoms. The summed E-state index contributed by atoms with van der Waals surface area (Å²) in [6, 6.07) is 2.17. The number of halogens is 3. The summed E-state index contributed by atoms with van der Waals surface area (Å²) >= 11 is 0. The van der Waals surface area contributed by atoms with E-state index in [2.05, 4.69) is 15.1 Å². The fraction of sp³-hybridized carbons (Fsp3) is 0.143. The van der Waals surface area contributed by atoms with Gasteiger partial charge in [-0.2, -0.15) is 18.3 Å². The third-order valence-corrected chi connectivity index (χ3v) is 3.34. The average molecular weight is 336 g/mol. The summed E-state index contributed by atoms with van der Waals surface area (Å²) in [6.45, 7) is 0. The average Bonchev–Trinajstić information content (AvgIpc) is 2.95. The van der Waals surface area contributed by atoms with Gasteiger partial charge in [0, 0.05) is 30.6 Å². The second-order valence-electron chi connectivity index (χ2n) is 5.10. The number of aryl methyl sites for hydroxylation is 1. The Morgan fingerprint density at radius 1 is 1.17 bits per heavy atom. The Balaban J connectivity index is 2.07. The highest BCUT2D eigenvalue weighted by Crippen LogP contribution is 2.29. The molecule has 0 saturated carbocycles. The second-order valence-corrected chi connectivity index (χ2v) is 5.10. The first-order valence-electron chi connectivity index (χ1n) is 6.75. The fourth-order valence-electron chi connectivity index (χ4n) is 2.14. The quantitative estimate of drug-likeness (QED) is 0.540. The van der Waals surface area contributed by atoms with Crippen molar-refractivity contribution in [1.82, 2.24) is 19.7 Å². The predicted octanol–water partition coefficient (Wildman–Crippen LogP) is 1.15. The van der Waals surface area contributed by atoms with Gasteiger partial charge in [0.25, 0.3) is 0 Å². The van der Waals surface area contributed by atoms with E-state index in [1.54, 1.807) is 24.1 Å². The van der Waals surface area contributed by atoms with Gasteiger partial charge in [-0.1, -0.05) is 0 Å². The molecule has 3 aromatic heterocycles. The van der Waals surface area contributed by atoms with E-state index >= 15 is 0 Å². The first-order chi connectivity index (χ1) is 11.3. The van der Waals surface area contributed by atoms with Crippen LogP contribution in [0.1, 0.15) is 5.69 Å². The first-order valence-corrected chi connectivity index (χ1v) is 6.75. The number of nitrogen functional groups attached to an aromatic ring is 2. The minimum atomic E-state index is -4.50. The van der Waals surface area contributed by atoms with Crippen molar-refractivity contribution in [3.8, 4) is 22.5 Å². The molecule has 7 nitrogen and oxygen atoms in total. The molecule has 0 radical (unpaired) electrons. The zero-order valence-electron chi connectivity index (χ0n) is 12.5. The van der Waals surface area contributed by atoms with Gasteiger partial charge in [-0.05, 0) is 12.1 Å². The molecule has 0 amide bonds. The molecule has 124 valence electrons. The number of rotatable bonds is 2. The maximum atomic E-state index is 12.6. The predicted molar refractivity (Wildman–Crippen MR) is 79.4 cm³/mol. The van der Waals surface area contributed by atoms with E-state index in [4.69, 9.17) is 11.6 Å². The van der Waals surface area contributed by atoms with Gasteiger partial charge in [0.15, 0.2) is 5.69 Å². The molecule has 0 spiro atoms. The molecule has 0 atom stereocenters. The van der Waals surface area contributed by atoms with Crippen LogP contribution in [0.2, 0.25) is 0 Å². The summed E-state index contributed by atoms with van der Waals surface area (Å²) in [6.07, 6.45) is 1.27. The number of pyridine rings is 1. The number of hydrogen-bond donors (Lipinski definition) is 2. The molecule has 0 aromatic carbocycles. The number of alkyl halides is 3. The van der Waals surface area contributed by atoms with Crippen molar-refractivity contribution in [3.63, 3.8) is 0 Å². The number of nitrogens with two attached hydrogens (primary N) is 2. The van der Waals surface area contributed by atoms with Crippen molar-refractivity contribution >= 4 is 5.82 Å². The molecule has 24 heavy (non-hydrogen) atoms. The van der Waals surface area contributed by atoms with E-state index in [0.717, 1.165) is 16.9 Å². The molecule has 0 aliphatic rings. The van der Waals surface area contributed by atoms with E-state index < -0.39 is 11.9 Å². The second kappa shape index (κ2) is 5.48. The number of aromatic nitrogens is 5. The van der Waals surface area contributed by atoms with Crippen molar-refractivity contribution in [3.05, 3.63) is 42.6 Å². The summed E-state index contributed by atoms with van der Waals surface area (Å²) < 4.78 is 40.5. The number of nitrogens with zero attached hydrogens (tertiary/aromatic N) is 5. The van der Waals surface area contributed by atoms with Crippen LogP contribution in [0.4, 0.5) is 19.0 Å². The summed E-state index contributed by atoms with van der Waals surface area (Å²) in [5, 5.41) is 4.04. The van der Waals surface area contributed by atoms with E-state index in [1.807, 2.05) is 0 Å². The third kappa shape index (κ3) is 2.85. The van der Waals surface area contributed by atoms with E-state index in [-0.39, 0.29) is 5.82 Å². The Bertz CT molecular complexity index is 884. The summed E-state index contributed by atoms with van der Waals surface area (Å²) in [5.74, 6) is 6.03. The topological polar surface area (TPSA) is 99.5 Å². The third-order valence-electron chi connectivity index (χ3n) is 3.34. The van der Waals surface area contributed by atoms with Crippen molar-refractivity contribution in [2.45, 2.75) is 6.18 Å². The Kier molecular flexibility index (Phi) is 3.59. The van der Waals surface area contributed by atoms with Gasteiger partial charge >= 0.3 is 12.0 Å². The highest BCUT2D eigenvalue weighted by Gasteiger charge is 2.32. The van der Waals surface area contributed by atoms with Crippen LogP contribution in [0.5, 0.6) is 0 Å². The normalized spacial score (nSPS) is 11.7. The van der Waals surface area contributed by atoms with E-state index in [1.165, 1.54) is 12.3 Å². The van der Waals surface area contributed by atoms with E-state index in [9.17, 15) is 13.2 Å². The smallest absolute Gasteiger partial charge is 0.283 e. The molecule has 0 aliphatic carbocycles. The first kappa shape index (κ1) is 15.7. The molecular weight excluding hydrogens is 323 g/mol. The Morgan fingerprint density at radius 3 is 2.46 bits per heavy atom. The lowest BCUT2D eigenvalue weighted by Gasteiger charge is -2.08. The van der Waals surface area contributed by atoms with Crippen LogP contribution in [0.15, 0.2) is 36.9 Å². The van der Waals surface area contributed by atoms with Gasteiger partial charge in [-0.3, -0.25) is 21.2 Å². The Morgan fingerprint density at radius 2 is 1.92 bits per heavy atom. The van der Waals surface area contributed by atoms with Gasteiger partial charge in [0.05, 0.1) is 6.20 Å². The molecule has 10 heteroatoms. The largest absolute Gasteiger partial charge is 0.433 e. The van der Waals surface area contributed by atoms with Crippen molar-refractivity contribution in [1.29, 1.82) is 0 Å². The lowest BCUT2D eigenvalue weighted by molar-refractivity contribution is -0.623. The molecule has 0 fully saturated rings. The van der Waals surface area contributed by atoms with Crippen molar-refractivity contribution in [2.75, 3.05) is 11.6 Å². The maximum Gasteiger partial charge on any atom is 0.433 e. The number of hydrogen-bond acceptors (Lipinski definition) is 5. The fourth-order valence-corrected chi connectivity index (χ4v) is 2.14. The molecule has 0 saturated heterocycles. The van der Waals surface area contributed by atoms with Crippen LogP contribution in [-0.2, 0) is 13.2 Å². The van der Waals surface area contributed by atoms with Gasteiger partial charge in [-0.15, -0.1) is 4.68 Å². The molecule has 0 unspecified atom stereocenters. The molecule has 3 aromatic rings. The summed E-state index contributed by atoms with van der Waals surface area (Å²) in [5.41, 5.74) is 6.68. The summed E-state index contributed by atoms with van der Waals surface area (Å²) in [4.78, 5) is 7.80. The SMILES string of the molecule is Cn1cc(-c2nc(-c3ccc(C(F)(F)F)nc3)c[n+](N)c2N)cn1. The van der Waals surface area contributed by atoms with Gasteiger partial charge in [0.2, 0.25) is 0 Å². The van der Waals surface area contributed by atoms with Crippen LogP contribution in [0, 0.1) is 0 Å². The standard InChI is InChI=1S/C14H12F3N7/c1-23-6-9(5-21-23)12-13(18)24(19)7-10(22-12)8-2-3-11(20-4-8)14(15,16)17/h2-7,18H,19H2,1H3/p+1. The minimum Gasteiger partial charge on any atom is -0.283 e. The molecule has 3 rings (SSSR count). The molecule has 3 heterocycles. The molecule has 0 aliphatic heterocycles. The zero-order valence-corrected chi connectivity index (χ0v) is 12.5. The molecule has 4 N–H and O–H groups in total. The lowest BCUT2D eigenvalue weighted by atomic mass is 10.1. The van der Waals surface area contributed by atoms with Crippen LogP contribution in [0.25, 0.3) is 22.5 Å². The van der Waals surface area contributed by atoms with Crippen LogP contribution >= 0.6 is 0 Å². The zero-order chi connectivity index (χ0) is 17.5. The van der Waals surface area contributed by atoms with Crippen LogP contribution in [0.3, 0.4) is 0 Å². The highest BCUT2D eigenvalue weighted by molar-refractivity contribution is 5.70. The number of anilines is 1. The van der Waals surface area contributed by atoms with Crippen LogP contribution in [-0.4, -0.2) is 19.7 Å². The molecular formula is C14H13F3N7+. The summed E-state index contributed by atoms with van der Waals surface area (Å²) in [7, 11) is 1.74. The van der Waals surface area contributed by atoms with Crippen molar-refractivity contribution in [2.24, 2.45) is 7.05 Å². The maximum absolute atomic E-state index is 12.6. The highest BCUT2D eigenvalue weighted by atomic mass is 19.4.